The first kappa shape index (κ1) is 10.8. The van der Waals surface area contributed by atoms with Crippen LogP contribution in [0.5, 0.6) is 5.75 Å². The Morgan fingerprint density at radius 1 is 1.11 bits per heavy atom. The second-order valence-corrected chi connectivity index (χ2v) is 4.34. The van der Waals surface area contributed by atoms with E-state index >= 15 is 0 Å². The van der Waals surface area contributed by atoms with Gasteiger partial charge in [0.2, 0.25) is 0 Å². The van der Waals surface area contributed by atoms with E-state index < -0.39 is 0 Å². The van der Waals surface area contributed by atoms with Gasteiger partial charge in [-0.3, -0.25) is 0 Å². The number of aromatic nitrogens is 2. The minimum absolute atomic E-state index is 0.853. The van der Waals surface area contributed by atoms with Crippen molar-refractivity contribution in [3.63, 3.8) is 0 Å². The Labute approximate surface area is 106 Å². The fraction of sp³-hybridized carbons (Fsp3) is 0.133. The quantitative estimate of drug-likeness (QED) is 0.684. The van der Waals surface area contributed by atoms with Crippen molar-refractivity contribution in [2.75, 3.05) is 7.11 Å². The summed E-state index contributed by atoms with van der Waals surface area (Å²) in [6, 6.07) is 14.2. The van der Waals surface area contributed by atoms with E-state index in [0.29, 0.717) is 0 Å². The molecule has 0 bridgehead atoms. The molecule has 0 saturated heterocycles. The van der Waals surface area contributed by atoms with E-state index in [0.717, 1.165) is 22.3 Å². The Bertz CT molecular complexity index is 701. The zero-order valence-electron chi connectivity index (χ0n) is 10.4. The minimum atomic E-state index is 0.853. The smallest absolute Gasteiger partial charge is 0.119 e. The van der Waals surface area contributed by atoms with Gasteiger partial charge in [-0.05, 0) is 42.8 Å². The van der Waals surface area contributed by atoms with Crippen LogP contribution < -0.4 is 4.74 Å². The highest BCUT2D eigenvalue weighted by atomic mass is 16.5. The average molecular weight is 238 g/mol. The summed E-state index contributed by atoms with van der Waals surface area (Å²) in [7, 11) is 1.67. The highest BCUT2D eigenvalue weighted by Crippen LogP contribution is 2.21. The first-order valence-corrected chi connectivity index (χ1v) is 5.87. The Kier molecular flexibility index (Phi) is 2.52. The summed E-state index contributed by atoms with van der Waals surface area (Å²) in [4.78, 5) is 0. The Morgan fingerprint density at radius 2 is 2.00 bits per heavy atom. The number of benzene rings is 2. The Morgan fingerprint density at radius 3 is 2.78 bits per heavy atom. The molecule has 3 nitrogen and oxygen atoms in total. The maximum absolute atomic E-state index is 5.22. The normalized spacial score (nSPS) is 10.8. The molecule has 18 heavy (non-hydrogen) atoms. The van der Waals surface area contributed by atoms with Crippen molar-refractivity contribution in [2.45, 2.75) is 6.92 Å². The SMILES string of the molecule is COc1ccc2nn(-c3cccc(C)c3)cc2c1. The molecule has 3 heteroatoms. The number of rotatable bonds is 2. The van der Waals surface area contributed by atoms with Crippen molar-refractivity contribution in [3.05, 3.63) is 54.2 Å². The highest BCUT2D eigenvalue weighted by Gasteiger charge is 2.04. The molecule has 2 aromatic carbocycles. The first-order chi connectivity index (χ1) is 8.76. The highest BCUT2D eigenvalue weighted by molar-refractivity contribution is 5.80. The lowest BCUT2D eigenvalue weighted by molar-refractivity contribution is 0.415. The van der Waals surface area contributed by atoms with Crippen LogP contribution >= 0.6 is 0 Å². The van der Waals surface area contributed by atoms with Gasteiger partial charge in [0.1, 0.15) is 5.75 Å². The first-order valence-electron chi connectivity index (χ1n) is 5.87. The van der Waals surface area contributed by atoms with E-state index in [4.69, 9.17) is 4.74 Å². The van der Waals surface area contributed by atoms with Crippen molar-refractivity contribution < 1.29 is 4.74 Å². The van der Waals surface area contributed by atoms with Crippen LogP contribution in [0.25, 0.3) is 16.6 Å². The Hall–Kier alpha value is -2.29. The van der Waals surface area contributed by atoms with E-state index in [1.54, 1.807) is 7.11 Å². The molecule has 0 saturated carbocycles. The molecule has 0 aliphatic rings. The molecule has 0 aliphatic carbocycles. The number of aryl methyl sites for hydroxylation is 1. The summed E-state index contributed by atoms with van der Waals surface area (Å²) in [5, 5.41) is 5.64. The molecule has 0 amide bonds. The molecule has 1 heterocycles. The van der Waals surface area contributed by atoms with Crippen LogP contribution in [-0.4, -0.2) is 16.9 Å². The fourth-order valence-electron chi connectivity index (χ4n) is 2.03. The van der Waals surface area contributed by atoms with Gasteiger partial charge < -0.3 is 4.74 Å². The monoisotopic (exact) mass is 238 g/mol. The summed E-state index contributed by atoms with van der Waals surface area (Å²) in [5.74, 6) is 0.853. The van der Waals surface area contributed by atoms with Gasteiger partial charge >= 0.3 is 0 Å². The van der Waals surface area contributed by atoms with Crippen LogP contribution in [0.2, 0.25) is 0 Å². The standard InChI is InChI=1S/C15H14N2O/c1-11-4-3-5-13(8-11)17-10-12-9-14(18-2)6-7-15(12)16-17/h3-10H,1-2H3. The fourth-order valence-corrected chi connectivity index (χ4v) is 2.03. The summed E-state index contributed by atoms with van der Waals surface area (Å²) < 4.78 is 7.12. The maximum Gasteiger partial charge on any atom is 0.119 e. The van der Waals surface area contributed by atoms with E-state index in [9.17, 15) is 0 Å². The van der Waals surface area contributed by atoms with Crippen LogP contribution in [0.3, 0.4) is 0 Å². The lowest BCUT2D eigenvalue weighted by atomic mass is 10.2. The second-order valence-electron chi connectivity index (χ2n) is 4.34. The predicted molar refractivity (Wildman–Crippen MR) is 72.4 cm³/mol. The van der Waals surface area contributed by atoms with Gasteiger partial charge in [0.05, 0.1) is 18.3 Å². The molecule has 0 unspecified atom stereocenters. The number of fused-ring (bicyclic) bond motifs is 1. The number of hydrogen-bond acceptors (Lipinski definition) is 2. The molecule has 1 aromatic heterocycles. The molecule has 0 spiro atoms. The molecule has 0 fully saturated rings. The van der Waals surface area contributed by atoms with E-state index in [1.807, 2.05) is 35.1 Å². The molecule has 3 aromatic rings. The van der Waals surface area contributed by atoms with Gasteiger partial charge in [-0.15, -0.1) is 0 Å². The number of hydrogen-bond donors (Lipinski definition) is 0. The number of nitrogens with zero attached hydrogens (tertiary/aromatic N) is 2. The van der Waals surface area contributed by atoms with Gasteiger partial charge in [-0.1, -0.05) is 12.1 Å². The van der Waals surface area contributed by atoms with E-state index in [-0.39, 0.29) is 0 Å². The van der Waals surface area contributed by atoms with E-state index in [2.05, 4.69) is 30.2 Å². The van der Waals surface area contributed by atoms with Crippen molar-refractivity contribution in [2.24, 2.45) is 0 Å². The zero-order chi connectivity index (χ0) is 12.5. The van der Waals surface area contributed by atoms with Crippen molar-refractivity contribution >= 4 is 10.9 Å². The van der Waals surface area contributed by atoms with Crippen LogP contribution in [0.15, 0.2) is 48.7 Å². The number of methoxy groups -OCH3 is 1. The molecule has 0 aliphatic heterocycles. The van der Waals surface area contributed by atoms with Crippen LogP contribution in [0, 0.1) is 6.92 Å². The largest absolute Gasteiger partial charge is 0.497 e. The van der Waals surface area contributed by atoms with Crippen LogP contribution in [0.1, 0.15) is 5.56 Å². The average Bonchev–Trinajstić information content (AvgIpc) is 2.81. The predicted octanol–water partition coefficient (Wildman–Crippen LogP) is 3.34. The van der Waals surface area contributed by atoms with Gasteiger partial charge in [0.25, 0.3) is 0 Å². The molecule has 0 N–H and O–H groups in total. The summed E-state index contributed by atoms with van der Waals surface area (Å²) >= 11 is 0. The molecule has 0 atom stereocenters. The van der Waals surface area contributed by atoms with Crippen molar-refractivity contribution in [3.8, 4) is 11.4 Å². The minimum Gasteiger partial charge on any atom is -0.497 e. The van der Waals surface area contributed by atoms with E-state index in [1.165, 1.54) is 5.56 Å². The third kappa shape index (κ3) is 1.84. The zero-order valence-corrected chi connectivity index (χ0v) is 10.4. The summed E-state index contributed by atoms with van der Waals surface area (Å²) in [5.41, 5.74) is 3.27. The molecule has 90 valence electrons. The van der Waals surface area contributed by atoms with Gasteiger partial charge in [0.15, 0.2) is 0 Å². The van der Waals surface area contributed by atoms with Crippen LogP contribution in [-0.2, 0) is 0 Å². The third-order valence-corrected chi connectivity index (χ3v) is 2.98. The second kappa shape index (κ2) is 4.18. The molecular weight excluding hydrogens is 224 g/mol. The van der Waals surface area contributed by atoms with Gasteiger partial charge in [0, 0.05) is 11.6 Å². The molecular formula is C15H14N2O. The third-order valence-electron chi connectivity index (χ3n) is 2.98. The van der Waals surface area contributed by atoms with Crippen LogP contribution in [0.4, 0.5) is 0 Å². The lowest BCUT2D eigenvalue weighted by Gasteiger charge is -2.01. The maximum atomic E-state index is 5.22. The van der Waals surface area contributed by atoms with Crippen molar-refractivity contribution in [1.29, 1.82) is 0 Å². The topological polar surface area (TPSA) is 27.1 Å². The lowest BCUT2D eigenvalue weighted by Crippen LogP contribution is -1.93. The van der Waals surface area contributed by atoms with Gasteiger partial charge in [-0.25, -0.2) is 4.68 Å². The molecule has 0 radical (unpaired) electrons. The van der Waals surface area contributed by atoms with Crippen molar-refractivity contribution in [1.82, 2.24) is 9.78 Å². The summed E-state index contributed by atoms with van der Waals surface area (Å²) in [6.07, 6.45) is 2.02. The van der Waals surface area contributed by atoms with Gasteiger partial charge in [-0.2, -0.15) is 5.10 Å². The number of ether oxygens (including phenoxy) is 1. The summed E-state index contributed by atoms with van der Waals surface area (Å²) in [6.45, 7) is 2.08. The molecule has 3 rings (SSSR count). The Balaban J connectivity index is 2.13.